The molecule has 0 bridgehead atoms. The highest BCUT2D eigenvalue weighted by atomic mass is 35.5. The van der Waals surface area contributed by atoms with Gasteiger partial charge in [0.1, 0.15) is 4.88 Å². The van der Waals surface area contributed by atoms with E-state index in [0.29, 0.717) is 18.5 Å². The molecule has 2 rings (SSSR count). The molecule has 1 aliphatic rings. The summed E-state index contributed by atoms with van der Waals surface area (Å²) >= 11 is 7.15. The molecule has 1 heterocycles. The number of aryl methyl sites for hydroxylation is 1. The molecule has 0 aromatic carbocycles. The summed E-state index contributed by atoms with van der Waals surface area (Å²) in [6.07, 6.45) is 3.88. The van der Waals surface area contributed by atoms with Crippen LogP contribution in [-0.2, 0) is 0 Å². The Balaban J connectivity index is 2.10. The lowest BCUT2D eigenvalue weighted by atomic mass is 10.4. The molecule has 1 aromatic heterocycles. The Morgan fingerprint density at radius 2 is 2.47 bits per heavy atom. The van der Waals surface area contributed by atoms with Crippen molar-refractivity contribution in [2.75, 3.05) is 12.4 Å². The van der Waals surface area contributed by atoms with Gasteiger partial charge in [0, 0.05) is 18.5 Å². The Morgan fingerprint density at radius 3 is 2.93 bits per heavy atom. The van der Waals surface area contributed by atoms with Crippen LogP contribution >= 0.6 is 22.9 Å². The van der Waals surface area contributed by atoms with Crippen molar-refractivity contribution in [1.82, 2.24) is 9.88 Å². The van der Waals surface area contributed by atoms with Gasteiger partial charge >= 0.3 is 0 Å². The second-order valence-electron chi connectivity index (χ2n) is 3.66. The fourth-order valence-electron chi connectivity index (χ4n) is 1.53. The zero-order valence-corrected chi connectivity index (χ0v) is 10.1. The molecule has 5 heteroatoms. The third-order valence-corrected chi connectivity index (χ3v) is 3.48. The van der Waals surface area contributed by atoms with E-state index in [9.17, 15) is 4.79 Å². The van der Waals surface area contributed by atoms with Gasteiger partial charge in [0.05, 0.1) is 11.2 Å². The van der Waals surface area contributed by atoms with Crippen molar-refractivity contribution < 1.29 is 4.79 Å². The standard InChI is InChI=1S/C10H13ClN2OS/c1-7-12-6-9(15-7)10(14)13(5-4-11)8-2-3-8/h6,8H,2-5H2,1H3. The third-order valence-electron chi connectivity index (χ3n) is 2.41. The van der Waals surface area contributed by atoms with Gasteiger partial charge in [-0.1, -0.05) is 0 Å². The number of rotatable bonds is 4. The first kappa shape index (κ1) is 10.9. The molecule has 82 valence electrons. The summed E-state index contributed by atoms with van der Waals surface area (Å²) in [4.78, 5) is 18.8. The topological polar surface area (TPSA) is 33.2 Å². The lowest BCUT2D eigenvalue weighted by Crippen LogP contribution is -2.34. The molecular formula is C10H13ClN2OS. The zero-order valence-electron chi connectivity index (χ0n) is 8.57. The maximum atomic E-state index is 12.1. The average Bonchev–Trinajstić information content (AvgIpc) is 2.96. The Morgan fingerprint density at radius 1 is 1.73 bits per heavy atom. The van der Waals surface area contributed by atoms with Crippen molar-refractivity contribution in [3.8, 4) is 0 Å². The fourth-order valence-corrected chi connectivity index (χ4v) is 2.44. The van der Waals surface area contributed by atoms with Crippen LogP contribution in [0.15, 0.2) is 6.20 Å². The predicted octanol–water partition coefficient (Wildman–Crippen LogP) is 2.29. The number of alkyl halides is 1. The molecule has 0 saturated heterocycles. The van der Waals surface area contributed by atoms with Gasteiger partial charge in [-0.05, 0) is 19.8 Å². The van der Waals surface area contributed by atoms with Crippen LogP contribution < -0.4 is 0 Å². The summed E-state index contributed by atoms with van der Waals surface area (Å²) in [5.74, 6) is 0.587. The molecule has 0 atom stereocenters. The summed E-state index contributed by atoms with van der Waals surface area (Å²) in [5, 5.41) is 0.931. The first-order chi connectivity index (χ1) is 7.22. The van der Waals surface area contributed by atoms with Crippen molar-refractivity contribution in [3.63, 3.8) is 0 Å². The molecular weight excluding hydrogens is 232 g/mol. The summed E-state index contributed by atoms with van der Waals surface area (Å²) in [5.41, 5.74) is 0. The fraction of sp³-hybridized carbons (Fsp3) is 0.600. The number of aromatic nitrogens is 1. The summed E-state index contributed by atoms with van der Waals surface area (Å²) in [6, 6.07) is 0.415. The molecule has 0 N–H and O–H groups in total. The van der Waals surface area contributed by atoms with Gasteiger partial charge in [-0.2, -0.15) is 0 Å². The minimum atomic E-state index is 0.0868. The van der Waals surface area contributed by atoms with Crippen LogP contribution in [0.5, 0.6) is 0 Å². The molecule has 0 unspecified atom stereocenters. The Bertz CT molecular complexity index is 362. The molecule has 1 saturated carbocycles. The van der Waals surface area contributed by atoms with E-state index in [0.717, 1.165) is 22.7 Å². The van der Waals surface area contributed by atoms with Gasteiger partial charge in [0.15, 0.2) is 0 Å². The molecule has 0 spiro atoms. The third kappa shape index (κ3) is 2.49. The number of amides is 1. The van der Waals surface area contributed by atoms with Gasteiger partial charge in [-0.15, -0.1) is 22.9 Å². The average molecular weight is 245 g/mol. The summed E-state index contributed by atoms with van der Waals surface area (Å²) in [6.45, 7) is 2.55. The van der Waals surface area contributed by atoms with Crippen LogP contribution in [-0.4, -0.2) is 34.3 Å². The van der Waals surface area contributed by atoms with Crippen LogP contribution in [0.25, 0.3) is 0 Å². The van der Waals surface area contributed by atoms with E-state index >= 15 is 0 Å². The largest absolute Gasteiger partial charge is 0.334 e. The van der Waals surface area contributed by atoms with Gasteiger partial charge in [0.2, 0.25) is 0 Å². The number of hydrogen-bond acceptors (Lipinski definition) is 3. The van der Waals surface area contributed by atoms with E-state index in [1.807, 2.05) is 11.8 Å². The van der Waals surface area contributed by atoms with Crippen LogP contribution in [0, 0.1) is 6.92 Å². The molecule has 1 amide bonds. The van der Waals surface area contributed by atoms with Crippen molar-refractivity contribution in [2.24, 2.45) is 0 Å². The van der Waals surface area contributed by atoms with Crippen molar-refractivity contribution in [1.29, 1.82) is 0 Å². The lowest BCUT2D eigenvalue weighted by Gasteiger charge is -2.19. The number of thiazole rings is 1. The SMILES string of the molecule is Cc1ncc(C(=O)N(CCCl)C2CC2)s1. The first-order valence-electron chi connectivity index (χ1n) is 5.01. The molecule has 0 radical (unpaired) electrons. The highest BCUT2D eigenvalue weighted by molar-refractivity contribution is 7.13. The number of halogens is 1. The smallest absolute Gasteiger partial charge is 0.265 e. The maximum Gasteiger partial charge on any atom is 0.265 e. The summed E-state index contributed by atoms with van der Waals surface area (Å²) in [7, 11) is 0. The van der Waals surface area contributed by atoms with E-state index < -0.39 is 0 Å². The second-order valence-corrected chi connectivity index (χ2v) is 5.27. The molecule has 1 fully saturated rings. The van der Waals surface area contributed by atoms with Gasteiger partial charge in [-0.25, -0.2) is 4.98 Å². The zero-order chi connectivity index (χ0) is 10.8. The van der Waals surface area contributed by atoms with Gasteiger partial charge in [0.25, 0.3) is 5.91 Å². The van der Waals surface area contributed by atoms with Crippen molar-refractivity contribution >= 4 is 28.8 Å². The highest BCUT2D eigenvalue weighted by Crippen LogP contribution is 2.29. The number of nitrogens with zero attached hydrogens (tertiary/aromatic N) is 2. The first-order valence-corrected chi connectivity index (χ1v) is 6.37. The van der Waals surface area contributed by atoms with E-state index in [4.69, 9.17) is 11.6 Å². The van der Waals surface area contributed by atoms with Crippen LogP contribution in [0.4, 0.5) is 0 Å². The Kier molecular flexibility index (Phi) is 3.26. The highest BCUT2D eigenvalue weighted by Gasteiger charge is 2.33. The lowest BCUT2D eigenvalue weighted by molar-refractivity contribution is 0.0758. The normalized spacial score (nSPS) is 15.3. The maximum absolute atomic E-state index is 12.1. The van der Waals surface area contributed by atoms with Crippen LogP contribution in [0.1, 0.15) is 27.5 Å². The summed E-state index contributed by atoms with van der Waals surface area (Å²) < 4.78 is 0. The minimum absolute atomic E-state index is 0.0868. The van der Waals surface area contributed by atoms with E-state index in [2.05, 4.69) is 4.98 Å². The van der Waals surface area contributed by atoms with E-state index in [-0.39, 0.29) is 5.91 Å². The second kappa shape index (κ2) is 4.49. The van der Waals surface area contributed by atoms with E-state index in [1.165, 1.54) is 11.3 Å². The van der Waals surface area contributed by atoms with Gasteiger partial charge in [-0.3, -0.25) is 4.79 Å². The molecule has 1 aromatic rings. The predicted molar refractivity (Wildman–Crippen MR) is 61.6 cm³/mol. The Labute approximate surface area is 98.1 Å². The van der Waals surface area contributed by atoms with Crippen LogP contribution in [0.2, 0.25) is 0 Å². The quantitative estimate of drug-likeness (QED) is 0.762. The van der Waals surface area contributed by atoms with Crippen molar-refractivity contribution in [3.05, 3.63) is 16.1 Å². The van der Waals surface area contributed by atoms with Crippen LogP contribution in [0.3, 0.4) is 0 Å². The molecule has 3 nitrogen and oxygen atoms in total. The minimum Gasteiger partial charge on any atom is -0.334 e. The monoisotopic (exact) mass is 244 g/mol. The molecule has 0 aliphatic heterocycles. The number of carbonyl (C=O) groups is 1. The number of carbonyl (C=O) groups excluding carboxylic acids is 1. The van der Waals surface area contributed by atoms with Crippen molar-refractivity contribution in [2.45, 2.75) is 25.8 Å². The molecule has 15 heavy (non-hydrogen) atoms. The van der Waals surface area contributed by atoms with Gasteiger partial charge < -0.3 is 4.90 Å². The van der Waals surface area contributed by atoms with E-state index in [1.54, 1.807) is 6.20 Å². The Hall–Kier alpha value is -0.610. The molecule has 1 aliphatic carbocycles. The number of hydrogen-bond donors (Lipinski definition) is 0.